The van der Waals surface area contributed by atoms with Gasteiger partial charge in [0.05, 0.1) is 6.21 Å². The Morgan fingerprint density at radius 1 is 0.714 bits per heavy atom. The molecule has 5 aromatic rings. The zero-order valence-corrected chi connectivity index (χ0v) is 15.1. The predicted octanol–water partition coefficient (Wildman–Crippen LogP) is 5.42. The first-order valence-corrected chi connectivity index (χ1v) is 9.19. The molecule has 0 amide bonds. The maximum atomic E-state index is 13.3. The summed E-state index contributed by atoms with van der Waals surface area (Å²) < 4.78 is 1.68. The Morgan fingerprint density at radius 3 is 2.04 bits per heavy atom. The fourth-order valence-electron chi connectivity index (χ4n) is 3.69. The molecule has 0 spiro atoms. The van der Waals surface area contributed by atoms with Crippen LogP contribution < -0.4 is 5.11 Å². The van der Waals surface area contributed by atoms with Gasteiger partial charge in [-0.25, -0.2) is 4.68 Å². The van der Waals surface area contributed by atoms with Crippen molar-refractivity contribution in [1.29, 1.82) is 0 Å². The quantitative estimate of drug-likeness (QED) is 0.312. The summed E-state index contributed by atoms with van der Waals surface area (Å²) in [6.07, 6.45) is 5.30. The van der Waals surface area contributed by atoms with Crippen LogP contribution in [0.3, 0.4) is 0 Å². The van der Waals surface area contributed by atoms with Crippen molar-refractivity contribution in [2.45, 2.75) is 0 Å². The third-order valence-corrected chi connectivity index (χ3v) is 5.00. The monoisotopic (exact) mass is 361 g/mol. The molecule has 0 aliphatic heterocycles. The highest BCUT2D eigenvalue weighted by Crippen LogP contribution is 2.40. The van der Waals surface area contributed by atoms with E-state index in [9.17, 15) is 5.11 Å². The third kappa shape index (κ3) is 2.74. The molecule has 0 bridgehead atoms. The van der Waals surface area contributed by atoms with Crippen molar-refractivity contribution < 1.29 is 5.11 Å². The van der Waals surface area contributed by atoms with E-state index in [-0.39, 0.29) is 5.75 Å². The smallest absolute Gasteiger partial charge is 0.0545 e. The molecule has 1 heterocycles. The molecule has 3 heteroatoms. The summed E-state index contributed by atoms with van der Waals surface area (Å²) in [5.74, 6) is -0.0140. The molecular formula is C25H17N2O-. The fraction of sp³-hybridized carbons (Fsp3) is 0. The highest BCUT2D eigenvalue weighted by molar-refractivity contribution is 6.13. The summed E-state index contributed by atoms with van der Waals surface area (Å²) in [6.45, 7) is 0. The van der Waals surface area contributed by atoms with Crippen molar-refractivity contribution in [3.05, 3.63) is 103 Å². The normalized spacial score (nSPS) is 11.6. The Bertz CT molecular complexity index is 1260. The van der Waals surface area contributed by atoms with E-state index < -0.39 is 0 Å². The predicted molar refractivity (Wildman–Crippen MR) is 114 cm³/mol. The summed E-state index contributed by atoms with van der Waals surface area (Å²) in [4.78, 5) is 0. The van der Waals surface area contributed by atoms with Crippen LogP contribution >= 0.6 is 0 Å². The SMILES string of the molecule is [O-]c1c(/C=N/n2cccc2)cccc1-c1c2ccccc2cc2ccccc12. The molecule has 0 atom stereocenters. The van der Waals surface area contributed by atoms with Crippen LogP contribution in [0, 0.1) is 0 Å². The number of nitrogens with zero attached hydrogens (tertiary/aromatic N) is 2. The summed E-state index contributed by atoms with van der Waals surface area (Å²) in [6, 6.07) is 28.0. The maximum Gasteiger partial charge on any atom is 0.0545 e. The lowest BCUT2D eigenvalue weighted by Crippen LogP contribution is -2.00. The van der Waals surface area contributed by atoms with Gasteiger partial charge in [0, 0.05) is 12.4 Å². The number of para-hydroxylation sites is 1. The minimum atomic E-state index is -0.0140. The minimum absolute atomic E-state index is 0.0140. The van der Waals surface area contributed by atoms with Gasteiger partial charge in [-0.3, -0.25) is 0 Å². The van der Waals surface area contributed by atoms with Gasteiger partial charge in [0.2, 0.25) is 0 Å². The average molecular weight is 361 g/mol. The van der Waals surface area contributed by atoms with E-state index in [1.807, 2.05) is 67.0 Å². The van der Waals surface area contributed by atoms with Crippen LogP contribution in [-0.2, 0) is 0 Å². The Hall–Kier alpha value is -3.85. The topological polar surface area (TPSA) is 40.4 Å². The van der Waals surface area contributed by atoms with E-state index in [0.717, 1.165) is 27.1 Å². The van der Waals surface area contributed by atoms with Gasteiger partial charge in [0.1, 0.15) is 0 Å². The van der Waals surface area contributed by atoms with Crippen LogP contribution in [0.4, 0.5) is 0 Å². The number of fused-ring (bicyclic) bond motifs is 2. The Kier molecular flexibility index (Phi) is 3.91. The molecule has 0 unspecified atom stereocenters. The van der Waals surface area contributed by atoms with E-state index in [2.05, 4.69) is 35.4 Å². The molecule has 1 aromatic heterocycles. The van der Waals surface area contributed by atoms with E-state index in [1.165, 1.54) is 0 Å². The van der Waals surface area contributed by atoms with Gasteiger partial charge in [0.25, 0.3) is 0 Å². The number of benzene rings is 4. The van der Waals surface area contributed by atoms with E-state index in [0.29, 0.717) is 11.1 Å². The minimum Gasteiger partial charge on any atom is -0.872 e. The first kappa shape index (κ1) is 16.3. The largest absolute Gasteiger partial charge is 0.872 e. The second-order valence-corrected chi connectivity index (χ2v) is 6.73. The summed E-state index contributed by atoms with van der Waals surface area (Å²) in [5.41, 5.74) is 2.25. The van der Waals surface area contributed by atoms with Crippen LogP contribution in [0.1, 0.15) is 5.56 Å². The first-order chi connectivity index (χ1) is 13.8. The molecule has 0 N–H and O–H groups in total. The second-order valence-electron chi connectivity index (χ2n) is 6.73. The highest BCUT2D eigenvalue weighted by atomic mass is 16.3. The van der Waals surface area contributed by atoms with E-state index >= 15 is 0 Å². The molecular weight excluding hydrogens is 344 g/mol. The lowest BCUT2D eigenvalue weighted by atomic mass is 9.91. The van der Waals surface area contributed by atoms with Crippen LogP contribution in [-0.4, -0.2) is 10.9 Å². The third-order valence-electron chi connectivity index (χ3n) is 5.00. The molecule has 0 fully saturated rings. The zero-order valence-electron chi connectivity index (χ0n) is 15.1. The van der Waals surface area contributed by atoms with Gasteiger partial charge in [-0.15, -0.1) is 0 Å². The molecule has 0 aliphatic carbocycles. The van der Waals surface area contributed by atoms with Gasteiger partial charge in [-0.1, -0.05) is 72.5 Å². The van der Waals surface area contributed by atoms with Gasteiger partial charge >= 0.3 is 0 Å². The van der Waals surface area contributed by atoms with Crippen molar-refractivity contribution in [2.75, 3.05) is 0 Å². The molecule has 0 saturated carbocycles. The lowest BCUT2D eigenvalue weighted by Gasteiger charge is -2.20. The van der Waals surface area contributed by atoms with Crippen molar-refractivity contribution in [1.82, 2.24) is 4.68 Å². The zero-order chi connectivity index (χ0) is 18.9. The fourth-order valence-corrected chi connectivity index (χ4v) is 3.69. The van der Waals surface area contributed by atoms with E-state index in [1.54, 1.807) is 10.9 Å². The van der Waals surface area contributed by atoms with Crippen LogP contribution in [0.2, 0.25) is 0 Å². The molecule has 134 valence electrons. The second kappa shape index (κ2) is 6.71. The van der Waals surface area contributed by atoms with Crippen LogP contribution in [0.15, 0.2) is 102 Å². The number of rotatable bonds is 3. The standard InChI is InChI=1S/C25H18N2O/c28-25-20(17-26-27-14-5-6-15-27)10-7-13-23(25)24-21-11-3-1-8-18(21)16-19-9-2-4-12-22(19)24/h1-17,28H/p-1/b26-17+. The van der Waals surface area contributed by atoms with Crippen LogP contribution in [0.5, 0.6) is 5.75 Å². The number of aromatic nitrogens is 1. The highest BCUT2D eigenvalue weighted by Gasteiger charge is 2.11. The van der Waals surface area contributed by atoms with Crippen molar-refractivity contribution >= 4 is 27.8 Å². The van der Waals surface area contributed by atoms with Gasteiger partial charge < -0.3 is 5.11 Å². The Balaban J connectivity index is 1.77. The molecule has 0 radical (unpaired) electrons. The number of hydrogen-bond donors (Lipinski definition) is 0. The summed E-state index contributed by atoms with van der Waals surface area (Å²) in [7, 11) is 0. The maximum absolute atomic E-state index is 13.3. The number of hydrogen-bond acceptors (Lipinski definition) is 2. The van der Waals surface area contributed by atoms with E-state index in [4.69, 9.17) is 0 Å². The van der Waals surface area contributed by atoms with Gasteiger partial charge in [-0.05, 0) is 56.4 Å². The van der Waals surface area contributed by atoms with Crippen molar-refractivity contribution in [3.8, 4) is 16.9 Å². The molecule has 3 nitrogen and oxygen atoms in total. The summed E-state index contributed by atoms with van der Waals surface area (Å²) in [5, 5.41) is 22.1. The molecule has 28 heavy (non-hydrogen) atoms. The van der Waals surface area contributed by atoms with Crippen molar-refractivity contribution in [3.63, 3.8) is 0 Å². The van der Waals surface area contributed by atoms with Gasteiger partial charge in [0.15, 0.2) is 0 Å². The molecule has 4 aromatic carbocycles. The first-order valence-electron chi connectivity index (χ1n) is 9.19. The molecule has 0 saturated heterocycles. The van der Waals surface area contributed by atoms with Gasteiger partial charge in [-0.2, -0.15) is 5.10 Å². The van der Waals surface area contributed by atoms with Crippen LogP contribution in [0.25, 0.3) is 32.7 Å². The lowest BCUT2D eigenvalue weighted by molar-refractivity contribution is -0.267. The average Bonchev–Trinajstić information content (AvgIpc) is 3.25. The molecule has 5 rings (SSSR count). The van der Waals surface area contributed by atoms with Crippen molar-refractivity contribution in [2.24, 2.45) is 5.10 Å². The molecule has 0 aliphatic rings. The Morgan fingerprint density at radius 2 is 1.36 bits per heavy atom. The Labute approximate surface area is 162 Å². The summed E-state index contributed by atoms with van der Waals surface area (Å²) >= 11 is 0.